The van der Waals surface area contributed by atoms with Gasteiger partial charge in [-0.3, -0.25) is 4.98 Å². The molecule has 1 heterocycles. The third kappa shape index (κ3) is 3.82. The van der Waals surface area contributed by atoms with Crippen molar-refractivity contribution in [1.82, 2.24) is 10.3 Å². The van der Waals surface area contributed by atoms with Crippen LogP contribution in [0.5, 0.6) is 5.75 Å². The van der Waals surface area contributed by atoms with Crippen LogP contribution in [0.2, 0.25) is 0 Å². The van der Waals surface area contributed by atoms with E-state index in [1.54, 1.807) is 6.20 Å². The summed E-state index contributed by atoms with van der Waals surface area (Å²) in [5, 5.41) is 3.38. The highest BCUT2D eigenvalue weighted by molar-refractivity contribution is 5.39. The third-order valence-electron chi connectivity index (χ3n) is 3.57. The third-order valence-corrected chi connectivity index (χ3v) is 3.57. The van der Waals surface area contributed by atoms with Crippen molar-refractivity contribution in [1.29, 1.82) is 0 Å². The van der Waals surface area contributed by atoms with Gasteiger partial charge in [0.1, 0.15) is 5.75 Å². The van der Waals surface area contributed by atoms with Crippen LogP contribution in [0.4, 0.5) is 0 Å². The van der Waals surface area contributed by atoms with Crippen molar-refractivity contribution >= 4 is 0 Å². The molecule has 1 aromatic heterocycles. The highest BCUT2D eigenvalue weighted by Crippen LogP contribution is 2.27. The van der Waals surface area contributed by atoms with Crippen LogP contribution in [0.15, 0.2) is 36.7 Å². The van der Waals surface area contributed by atoms with Crippen molar-refractivity contribution in [3.8, 4) is 5.75 Å². The minimum Gasteiger partial charge on any atom is -0.492 e. The second kappa shape index (κ2) is 7.23. The molecule has 0 saturated carbocycles. The van der Waals surface area contributed by atoms with Gasteiger partial charge in [-0.15, -0.1) is 0 Å². The van der Waals surface area contributed by atoms with Crippen LogP contribution < -0.4 is 10.1 Å². The van der Waals surface area contributed by atoms with E-state index in [0.717, 1.165) is 24.3 Å². The van der Waals surface area contributed by atoms with Gasteiger partial charge in [0.25, 0.3) is 0 Å². The summed E-state index contributed by atoms with van der Waals surface area (Å²) in [4.78, 5) is 4.31. The lowest BCUT2D eigenvalue weighted by molar-refractivity contribution is 0.315. The topological polar surface area (TPSA) is 34.1 Å². The fraction of sp³-hybridized carbons (Fsp3) is 0.389. The van der Waals surface area contributed by atoms with E-state index in [-0.39, 0.29) is 6.04 Å². The molecule has 0 aliphatic carbocycles. The Morgan fingerprint density at radius 2 is 2.00 bits per heavy atom. The second-order valence-electron chi connectivity index (χ2n) is 5.38. The zero-order valence-corrected chi connectivity index (χ0v) is 13.3. The summed E-state index contributed by atoms with van der Waals surface area (Å²) in [6.45, 7) is 7.09. The van der Waals surface area contributed by atoms with E-state index in [9.17, 15) is 0 Å². The molecule has 3 heteroatoms. The fourth-order valence-corrected chi connectivity index (χ4v) is 2.54. The van der Waals surface area contributed by atoms with Gasteiger partial charge in [-0.2, -0.15) is 0 Å². The Hall–Kier alpha value is -1.87. The van der Waals surface area contributed by atoms with Gasteiger partial charge in [-0.05, 0) is 50.1 Å². The number of benzene rings is 1. The molecule has 0 spiro atoms. The van der Waals surface area contributed by atoms with E-state index in [2.05, 4.69) is 55.3 Å². The molecule has 0 aliphatic rings. The highest BCUT2D eigenvalue weighted by Gasteiger charge is 2.15. The van der Waals surface area contributed by atoms with Crippen LogP contribution in [0.25, 0.3) is 0 Å². The maximum Gasteiger partial charge on any atom is 0.137 e. The number of rotatable bonds is 6. The Balaban J connectivity index is 2.32. The molecule has 0 radical (unpaired) electrons. The average Bonchev–Trinajstić information content (AvgIpc) is 2.48. The second-order valence-corrected chi connectivity index (χ2v) is 5.38. The summed E-state index contributed by atoms with van der Waals surface area (Å²) >= 11 is 0. The monoisotopic (exact) mass is 284 g/mol. The van der Waals surface area contributed by atoms with Crippen LogP contribution in [0.3, 0.4) is 0 Å². The van der Waals surface area contributed by atoms with Crippen LogP contribution in [-0.2, 0) is 0 Å². The van der Waals surface area contributed by atoms with Gasteiger partial charge in [-0.25, -0.2) is 0 Å². The average molecular weight is 284 g/mol. The number of aromatic nitrogens is 1. The van der Waals surface area contributed by atoms with Crippen molar-refractivity contribution in [3.05, 3.63) is 58.9 Å². The number of nitrogens with one attached hydrogen (secondary N) is 1. The molecule has 0 amide bonds. The summed E-state index contributed by atoms with van der Waals surface area (Å²) in [7, 11) is 1.98. The van der Waals surface area contributed by atoms with Crippen molar-refractivity contribution in [2.24, 2.45) is 0 Å². The number of nitrogens with zero attached hydrogens (tertiary/aromatic N) is 1. The van der Waals surface area contributed by atoms with Crippen LogP contribution in [-0.4, -0.2) is 18.6 Å². The molecule has 0 saturated heterocycles. The number of aryl methyl sites for hydroxylation is 2. The van der Waals surface area contributed by atoms with Crippen LogP contribution >= 0.6 is 0 Å². The predicted octanol–water partition coefficient (Wildman–Crippen LogP) is 3.80. The van der Waals surface area contributed by atoms with Crippen LogP contribution in [0, 0.1) is 13.8 Å². The van der Waals surface area contributed by atoms with E-state index in [1.165, 1.54) is 16.7 Å². The lowest BCUT2D eigenvalue weighted by atomic mass is 9.95. The van der Waals surface area contributed by atoms with E-state index in [1.807, 2.05) is 13.2 Å². The van der Waals surface area contributed by atoms with Crippen molar-refractivity contribution in [2.45, 2.75) is 33.2 Å². The molecule has 21 heavy (non-hydrogen) atoms. The molecule has 2 rings (SSSR count). The lowest BCUT2D eigenvalue weighted by Gasteiger charge is -2.20. The Kier molecular flexibility index (Phi) is 5.34. The molecule has 1 N–H and O–H groups in total. The van der Waals surface area contributed by atoms with E-state index in [4.69, 9.17) is 4.74 Å². The predicted molar refractivity (Wildman–Crippen MR) is 86.8 cm³/mol. The Labute approximate surface area is 127 Å². The lowest BCUT2D eigenvalue weighted by Crippen LogP contribution is -2.19. The molecule has 1 unspecified atom stereocenters. The van der Waals surface area contributed by atoms with Crippen LogP contribution in [0.1, 0.15) is 41.6 Å². The molecule has 2 aromatic rings. The normalized spacial score (nSPS) is 12.2. The van der Waals surface area contributed by atoms with E-state index < -0.39 is 0 Å². The number of hydrogen-bond acceptors (Lipinski definition) is 3. The van der Waals surface area contributed by atoms with Crippen molar-refractivity contribution < 1.29 is 4.74 Å². The summed E-state index contributed by atoms with van der Waals surface area (Å²) < 4.78 is 5.69. The molecule has 1 atom stereocenters. The van der Waals surface area contributed by atoms with Gasteiger partial charge < -0.3 is 10.1 Å². The molecule has 0 bridgehead atoms. The SMILES string of the molecule is CCCOc1cncc(C(NC)c2ccc(C)cc2C)c1. The molecular weight excluding hydrogens is 260 g/mol. The maximum atomic E-state index is 5.69. The minimum atomic E-state index is 0.128. The van der Waals surface area contributed by atoms with E-state index >= 15 is 0 Å². The zero-order valence-electron chi connectivity index (χ0n) is 13.3. The van der Waals surface area contributed by atoms with Crippen molar-refractivity contribution in [3.63, 3.8) is 0 Å². The van der Waals surface area contributed by atoms with Gasteiger partial charge in [0, 0.05) is 6.20 Å². The number of pyridine rings is 1. The molecule has 0 fully saturated rings. The van der Waals surface area contributed by atoms with Crippen molar-refractivity contribution in [2.75, 3.05) is 13.7 Å². The zero-order chi connectivity index (χ0) is 15.2. The minimum absolute atomic E-state index is 0.128. The Morgan fingerprint density at radius 3 is 2.67 bits per heavy atom. The van der Waals surface area contributed by atoms with Gasteiger partial charge in [0.2, 0.25) is 0 Å². The first-order valence-corrected chi connectivity index (χ1v) is 7.48. The summed E-state index contributed by atoms with van der Waals surface area (Å²) in [6, 6.07) is 8.75. The Morgan fingerprint density at radius 1 is 1.19 bits per heavy atom. The first-order valence-electron chi connectivity index (χ1n) is 7.48. The highest BCUT2D eigenvalue weighted by atomic mass is 16.5. The largest absolute Gasteiger partial charge is 0.492 e. The summed E-state index contributed by atoms with van der Waals surface area (Å²) in [6.07, 6.45) is 4.67. The van der Waals surface area contributed by atoms with Gasteiger partial charge in [-0.1, -0.05) is 30.7 Å². The fourth-order valence-electron chi connectivity index (χ4n) is 2.54. The first-order chi connectivity index (χ1) is 10.2. The molecular formula is C18H24N2O. The summed E-state index contributed by atoms with van der Waals surface area (Å²) in [5.74, 6) is 0.833. The molecule has 1 aromatic carbocycles. The van der Waals surface area contributed by atoms with E-state index in [0.29, 0.717) is 0 Å². The first kappa shape index (κ1) is 15.5. The molecule has 3 nitrogen and oxygen atoms in total. The number of ether oxygens (including phenoxy) is 1. The number of hydrogen-bond donors (Lipinski definition) is 1. The molecule has 0 aliphatic heterocycles. The molecule has 112 valence electrons. The van der Waals surface area contributed by atoms with Gasteiger partial charge in [0.15, 0.2) is 0 Å². The van der Waals surface area contributed by atoms with Gasteiger partial charge in [0.05, 0.1) is 18.8 Å². The van der Waals surface area contributed by atoms with Gasteiger partial charge >= 0.3 is 0 Å². The maximum absolute atomic E-state index is 5.69. The smallest absolute Gasteiger partial charge is 0.137 e. The summed E-state index contributed by atoms with van der Waals surface area (Å²) in [5.41, 5.74) is 4.97. The quantitative estimate of drug-likeness (QED) is 0.876. The Bertz CT molecular complexity index is 596. The standard InChI is InChI=1S/C18H24N2O/c1-5-8-21-16-10-15(11-20-12-16)18(19-4)17-7-6-13(2)9-14(17)3/h6-7,9-12,18-19H,5,8H2,1-4H3.